The van der Waals surface area contributed by atoms with Gasteiger partial charge in [0.25, 0.3) is 0 Å². The molecule has 0 saturated heterocycles. The predicted octanol–water partition coefficient (Wildman–Crippen LogP) is 1.98. The third-order valence-electron chi connectivity index (χ3n) is 1.99. The van der Waals surface area contributed by atoms with Crippen molar-refractivity contribution in [2.24, 2.45) is 5.73 Å². The first kappa shape index (κ1) is 17.3. The van der Waals surface area contributed by atoms with E-state index in [1.807, 2.05) is 6.92 Å². The summed E-state index contributed by atoms with van der Waals surface area (Å²) in [6.07, 6.45) is 2.34. The first-order valence-corrected chi connectivity index (χ1v) is 4.96. The second-order valence-corrected chi connectivity index (χ2v) is 3.43. The van der Waals surface area contributed by atoms with Crippen molar-refractivity contribution >= 4 is 18.6 Å². The highest BCUT2D eigenvalue weighted by Gasteiger charge is 1.96. The Labute approximate surface area is 102 Å². The summed E-state index contributed by atoms with van der Waals surface area (Å²) < 4.78 is 0. The lowest BCUT2D eigenvalue weighted by Gasteiger charge is -2.05. The molecule has 1 aromatic carbocycles. The van der Waals surface area contributed by atoms with Gasteiger partial charge in [-0.15, -0.1) is 12.4 Å². The zero-order valence-corrected chi connectivity index (χ0v) is 10.4. The highest BCUT2D eigenvalue weighted by Crippen LogP contribution is 2.06. The monoisotopic (exact) mass is 243 g/mol. The maximum absolute atomic E-state index is 8.12. The van der Waals surface area contributed by atoms with Crippen molar-refractivity contribution in [1.29, 1.82) is 0 Å². The largest absolute Gasteiger partial charge is 0.373 e. The van der Waals surface area contributed by atoms with Gasteiger partial charge in [-0.3, -0.25) is 0 Å². The molecule has 0 aliphatic rings. The van der Waals surface area contributed by atoms with Crippen LogP contribution < -0.4 is 5.73 Å². The van der Waals surface area contributed by atoms with E-state index in [0.717, 1.165) is 12.8 Å². The number of carbonyl (C=O) groups excluding carboxylic acids is 2. The van der Waals surface area contributed by atoms with Gasteiger partial charge in [0.05, 0.1) is 0 Å². The quantitative estimate of drug-likeness (QED) is 0.883. The van der Waals surface area contributed by atoms with E-state index in [1.54, 1.807) is 0 Å². The fraction of sp³-hybridized carbons (Fsp3) is 0.417. The van der Waals surface area contributed by atoms with Crippen LogP contribution in [-0.4, -0.2) is 12.2 Å². The van der Waals surface area contributed by atoms with Crippen molar-refractivity contribution in [3.05, 3.63) is 35.4 Å². The molecule has 0 radical (unpaired) electrons. The number of rotatable bonds is 3. The maximum Gasteiger partial charge on any atom is 0.373 e. The summed E-state index contributed by atoms with van der Waals surface area (Å²) in [5, 5.41) is 0. The average Bonchev–Trinajstić information content (AvgIpc) is 2.19. The Morgan fingerprint density at radius 2 is 1.56 bits per heavy atom. The molecule has 4 heteroatoms. The van der Waals surface area contributed by atoms with Crippen LogP contribution in [0.25, 0.3) is 0 Å². The van der Waals surface area contributed by atoms with Gasteiger partial charge in [-0.05, 0) is 30.9 Å². The Morgan fingerprint density at radius 3 is 1.88 bits per heavy atom. The molecule has 1 atom stereocenters. The standard InChI is InChI=1S/C11H17N.CO2.ClH/c1-3-10-4-6-11(7-5-10)8-9(2)12;2-1-3;/h4-7,9H,3,8,12H2,1-2H3;;1H. The Hall–Kier alpha value is -1.15. The lowest BCUT2D eigenvalue weighted by molar-refractivity contribution is -0.191. The molecule has 3 nitrogen and oxygen atoms in total. The number of halogens is 1. The summed E-state index contributed by atoms with van der Waals surface area (Å²) in [7, 11) is 0. The third kappa shape index (κ3) is 8.18. The van der Waals surface area contributed by atoms with Crippen LogP contribution in [0.5, 0.6) is 0 Å². The van der Waals surface area contributed by atoms with E-state index >= 15 is 0 Å². The number of hydrogen-bond donors (Lipinski definition) is 1. The minimum atomic E-state index is 0. The van der Waals surface area contributed by atoms with E-state index in [2.05, 4.69) is 31.2 Å². The van der Waals surface area contributed by atoms with Gasteiger partial charge in [0.1, 0.15) is 0 Å². The molecule has 0 fully saturated rings. The first-order chi connectivity index (χ1) is 7.13. The summed E-state index contributed by atoms with van der Waals surface area (Å²) in [6, 6.07) is 8.96. The van der Waals surface area contributed by atoms with Crippen molar-refractivity contribution in [1.82, 2.24) is 0 Å². The van der Waals surface area contributed by atoms with Gasteiger partial charge in [0.2, 0.25) is 0 Å². The van der Waals surface area contributed by atoms with Crippen LogP contribution in [0.4, 0.5) is 0 Å². The molecule has 0 amide bonds. The molecule has 0 aliphatic carbocycles. The van der Waals surface area contributed by atoms with Crippen LogP contribution in [0.3, 0.4) is 0 Å². The van der Waals surface area contributed by atoms with Gasteiger partial charge in [-0.25, -0.2) is 0 Å². The van der Waals surface area contributed by atoms with Crippen LogP contribution in [0.2, 0.25) is 0 Å². The molecule has 1 unspecified atom stereocenters. The first-order valence-electron chi connectivity index (χ1n) is 4.96. The van der Waals surface area contributed by atoms with E-state index in [4.69, 9.17) is 15.3 Å². The maximum atomic E-state index is 8.12. The molecule has 0 aliphatic heterocycles. The molecule has 0 saturated carbocycles. The summed E-state index contributed by atoms with van der Waals surface area (Å²) in [5.41, 5.74) is 8.42. The Kier molecular flexibility index (Phi) is 11.2. The summed E-state index contributed by atoms with van der Waals surface area (Å²) in [6.45, 7) is 4.20. The summed E-state index contributed by atoms with van der Waals surface area (Å²) in [5.74, 6) is 0. The van der Waals surface area contributed by atoms with Gasteiger partial charge in [-0.2, -0.15) is 9.59 Å². The van der Waals surface area contributed by atoms with Gasteiger partial charge < -0.3 is 5.73 Å². The number of nitrogens with two attached hydrogens (primary N) is 1. The van der Waals surface area contributed by atoms with Crippen LogP contribution in [0.1, 0.15) is 25.0 Å². The topological polar surface area (TPSA) is 60.2 Å². The molecule has 16 heavy (non-hydrogen) atoms. The van der Waals surface area contributed by atoms with Gasteiger partial charge >= 0.3 is 6.15 Å². The second-order valence-electron chi connectivity index (χ2n) is 3.43. The lowest BCUT2D eigenvalue weighted by atomic mass is 10.0. The Balaban J connectivity index is 0. The molecular formula is C12H18ClNO2. The van der Waals surface area contributed by atoms with Crippen molar-refractivity contribution in [3.8, 4) is 0 Å². The van der Waals surface area contributed by atoms with Crippen molar-refractivity contribution < 1.29 is 9.59 Å². The Morgan fingerprint density at radius 1 is 1.19 bits per heavy atom. The van der Waals surface area contributed by atoms with E-state index < -0.39 is 0 Å². The summed E-state index contributed by atoms with van der Waals surface area (Å²) >= 11 is 0. The number of hydrogen-bond acceptors (Lipinski definition) is 3. The lowest BCUT2D eigenvalue weighted by Crippen LogP contribution is -2.17. The smallest absolute Gasteiger partial charge is 0.328 e. The molecule has 1 rings (SSSR count). The zero-order valence-electron chi connectivity index (χ0n) is 9.60. The molecule has 0 aromatic heterocycles. The predicted molar refractivity (Wildman–Crippen MR) is 65.4 cm³/mol. The van der Waals surface area contributed by atoms with Gasteiger partial charge in [-0.1, -0.05) is 31.2 Å². The minimum absolute atomic E-state index is 0. The fourth-order valence-electron chi connectivity index (χ4n) is 1.28. The fourth-order valence-corrected chi connectivity index (χ4v) is 1.28. The Bertz CT molecular complexity index is 303. The van der Waals surface area contributed by atoms with Crippen LogP contribution >= 0.6 is 12.4 Å². The van der Waals surface area contributed by atoms with E-state index in [1.165, 1.54) is 11.1 Å². The highest BCUT2D eigenvalue weighted by atomic mass is 35.5. The van der Waals surface area contributed by atoms with Crippen LogP contribution in [0.15, 0.2) is 24.3 Å². The zero-order chi connectivity index (χ0) is 11.7. The molecule has 2 N–H and O–H groups in total. The van der Waals surface area contributed by atoms with E-state index in [9.17, 15) is 0 Å². The van der Waals surface area contributed by atoms with Crippen LogP contribution in [-0.2, 0) is 22.4 Å². The van der Waals surface area contributed by atoms with Crippen LogP contribution in [0, 0.1) is 0 Å². The molecule has 90 valence electrons. The SMILES string of the molecule is CCc1ccc(CC(C)N)cc1.Cl.O=C=O. The average molecular weight is 244 g/mol. The third-order valence-corrected chi connectivity index (χ3v) is 1.99. The molecular weight excluding hydrogens is 226 g/mol. The second kappa shape index (κ2) is 10.4. The molecule has 0 heterocycles. The van der Waals surface area contributed by atoms with E-state index in [-0.39, 0.29) is 24.6 Å². The van der Waals surface area contributed by atoms with E-state index in [0.29, 0.717) is 0 Å². The van der Waals surface area contributed by atoms with Crippen molar-refractivity contribution in [2.45, 2.75) is 32.7 Å². The van der Waals surface area contributed by atoms with Gasteiger partial charge in [0.15, 0.2) is 0 Å². The molecule has 0 bridgehead atoms. The van der Waals surface area contributed by atoms with Crippen molar-refractivity contribution in [2.75, 3.05) is 0 Å². The normalized spacial score (nSPS) is 10.2. The molecule has 0 spiro atoms. The number of aryl methyl sites for hydroxylation is 1. The number of benzene rings is 1. The van der Waals surface area contributed by atoms with Gasteiger partial charge in [0, 0.05) is 6.04 Å². The minimum Gasteiger partial charge on any atom is -0.328 e. The highest BCUT2D eigenvalue weighted by molar-refractivity contribution is 5.85. The summed E-state index contributed by atoms with van der Waals surface area (Å²) in [4.78, 5) is 16.2. The van der Waals surface area contributed by atoms with Crippen molar-refractivity contribution in [3.63, 3.8) is 0 Å². The molecule has 1 aromatic rings.